The Hall–Kier alpha value is -1.44. The van der Waals surface area contributed by atoms with E-state index in [0.29, 0.717) is 12.2 Å². The fraction of sp³-hybridized carbons (Fsp3) is 0.765. The van der Waals surface area contributed by atoms with Crippen molar-refractivity contribution in [3.63, 3.8) is 0 Å². The number of hydrogen-bond donors (Lipinski definition) is 2. The molecule has 136 valence electrons. The third-order valence-electron chi connectivity index (χ3n) is 4.30. The molecule has 3 atom stereocenters. The van der Waals surface area contributed by atoms with Crippen LogP contribution in [0.5, 0.6) is 0 Å². The number of aryl methyl sites for hydroxylation is 1. The van der Waals surface area contributed by atoms with Crippen molar-refractivity contribution < 1.29 is 19.7 Å². The molecule has 2 rings (SSSR count). The molecule has 7 heteroatoms. The number of carbonyl (C=O) groups excluding carboxylic acids is 1. The number of aromatic nitrogens is 2. The SMILES string of the molecule is CC(C)CN(C(=O)c1cc(C(C)C)nn1C)[C@@H]1COC[C@@H](O)[C@H]1O. The molecule has 0 spiro atoms. The first-order valence-corrected chi connectivity index (χ1v) is 8.51. The minimum Gasteiger partial charge on any atom is -0.388 e. The van der Waals surface area contributed by atoms with Crippen molar-refractivity contribution in [1.82, 2.24) is 14.7 Å². The van der Waals surface area contributed by atoms with Gasteiger partial charge in [0, 0.05) is 13.6 Å². The standard InChI is InChI=1S/C17H29N3O4/c1-10(2)7-20(14-8-24-9-15(21)16(14)22)17(23)13-6-12(11(3)4)18-19(13)5/h6,10-11,14-16,21-22H,7-9H2,1-5H3/t14-,15-,16+/m1/s1. The maximum atomic E-state index is 13.1. The first-order valence-electron chi connectivity index (χ1n) is 8.51. The second-order valence-corrected chi connectivity index (χ2v) is 7.25. The highest BCUT2D eigenvalue weighted by atomic mass is 16.5. The van der Waals surface area contributed by atoms with Gasteiger partial charge in [0.2, 0.25) is 0 Å². The maximum Gasteiger partial charge on any atom is 0.272 e. The lowest BCUT2D eigenvalue weighted by atomic mass is 10.0. The molecule has 0 bridgehead atoms. The van der Waals surface area contributed by atoms with Gasteiger partial charge in [-0.2, -0.15) is 5.10 Å². The quantitative estimate of drug-likeness (QED) is 0.827. The maximum absolute atomic E-state index is 13.1. The van der Waals surface area contributed by atoms with Crippen LogP contribution in [-0.2, 0) is 11.8 Å². The van der Waals surface area contributed by atoms with Gasteiger partial charge in [0.05, 0.1) is 24.9 Å². The molecule has 24 heavy (non-hydrogen) atoms. The summed E-state index contributed by atoms with van der Waals surface area (Å²) >= 11 is 0. The van der Waals surface area contributed by atoms with Crippen molar-refractivity contribution >= 4 is 5.91 Å². The van der Waals surface area contributed by atoms with Gasteiger partial charge < -0.3 is 19.8 Å². The largest absolute Gasteiger partial charge is 0.388 e. The summed E-state index contributed by atoms with van der Waals surface area (Å²) in [6, 6.07) is 1.23. The summed E-state index contributed by atoms with van der Waals surface area (Å²) in [5.41, 5.74) is 1.33. The molecular formula is C17H29N3O4. The van der Waals surface area contributed by atoms with E-state index in [-0.39, 0.29) is 31.0 Å². The zero-order chi connectivity index (χ0) is 18.0. The number of nitrogens with zero attached hydrogens (tertiary/aromatic N) is 3. The highest BCUT2D eigenvalue weighted by molar-refractivity contribution is 5.93. The molecule has 0 aliphatic carbocycles. The average molecular weight is 339 g/mol. The van der Waals surface area contributed by atoms with Gasteiger partial charge >= 0.3 is 0 Å². The summed E-state index contributed by atoms with van der Waals surface area (Å²) in [6.07, 6.45) is -2.00. The lowest BCUT2D eigenvalue weighted by molar-refractivity contribution is -0.126. The molecule has 1 aliphatic heterocycles. The lowest BCUT2D eigenvalue weighted by Gasteiger charge is -2.40. The first-order chi connectivity index (χ1) is 11.2. The van der Waals surface area contributed by atoms with Gasteiger partial charge in [0.1, 0.15) is 17.9 Å². The lowest BCUT2D eigenvalue weighted by Crippen LogP contribution is -2.58. The molecule has 0 aromatic carbocycles. The van der Waals surface area contributed by atoms with Crippen molar-refractivity contribution in [2.75, 3.05) is 19.8 Å². The van der Waals surface area contributed by atoms with E-state index < -0.39 is 18.2 Å². The number of carbonyl (C=O) groups is 1. The molecule has 2 N–H and O–H groups in total. The molecule has 7 nitrogen and oxygen atoms in total. The number of aliphatic hydroxyl groups is 2. The molecule has 1 amide bonds. The molecule has 1 fully saturated rings. The van der Waals surface area contributed by atoms with Crippen molar-refractivity contribution in [2.24, 2.45) is 13.0 Å². The first kappa shape index (κ1) is 18.9. The van der Waals surface area contributed by atoms with Gasteiger partial charge in [-0.15, -0.1) is 0 Å². The Labute approximate surface area is 143 Å². The van der Waals surface area contributed by atoms with Gasteiger partial charge in [-0.25, -0.2) is 0 Å². The van der Waals surface area contributed by atoms with Crippen LogP contribution in [0.2, 0.25) is 0 Å². The molecule has 1 aromatic rings. The highest BCUT2D eigenvalue weighted by Gasteiger charge is 2.38. The molecule has 1 aromatic heterocycles. The topological polar surface area (TPSA) is 87.8 Å². The third kappa shape index (κ3) is 3.96. The van der Waals surface area contributed by atoms with Gasteiger partial charge in [-0.3, -0.25) is 9.48 Å². The van der Waals surface area contributed by atoms with Crippen LogP contribution in [0, 0.1) is 5.92 Å². The predicted molar refractivity (Wildman–Crippen MR) is 89.8 cm³/mol. The van der Waals surface area contributed by atoms with Crippen LogP contribution < -0.4 is 0 Å². The number of aliphatic hydroxyl groups excluding tert-OH is 2. The smallest absolute Gasteiger partial charge is 0.272 e. The van der Waals surface area contributed by atoms with E-state index in [1.807, 2.05) is 27.7 Å². The van der Waals surface area contributed by atoms with Crippen LogP contribution in [0.1, 0.15) is 49.8 Å². The third-order valence-corrected chi connectivity index (χ3v) is 4.30. The molecule has 0 unspecified atom stereocenters. The summed E-state index contributed by atoms with van der Waals surface area (Å²) in [4.78, 5) is 14.7. The summed E-state index contributed by atoms with van der Waals surface area (Å²) < 4.78 is 6.94. The van der Waals surface area contributed by atoms with E-state index in [1.165, 1.54) is 0 Å². The van der Waals surface area contributed by atoms with Crippen LogP contribution in [0.25, 0.3) is 0 Å². The van der Waals surface area contributed by atoms with Crippen LogP contribution in [-0.4, -0.2) is 68.8 Å². The van der Waals surface area contributed by atoms with Crippen LogP contribution in [0.4, 0.5) is 0 Å². The molecule has 2 heterocycles. The Kier molecular flexibility index (Phi) is 6.01. The molecule has 1 aliphatic rings. The Morgan fingerprint density at radius 2 is 2.04 bits per heavy atom. The normalized spacial score (nSPS) is 24.6. The minimum absolute atomic E-state index is 0.0879. The van der Waals surface area contributed by atoms with E-state index in [2.05, 4.69) is 5.10 Å². The average Bonchev–Trinajstić information content (AvgIpc) is 2.89. The van der Waals surface area contributed by atoms with E-state index in [4.69, 9.17) is 4.74 Å². The summed E-state index contributed by atoms with van der Waals surface area (Å²) in [5, 5.41) is 24.6. The zero-order valence-corrected chi connectivity index (χ0v) is 15.1. The van der Waals surface area contributed by atoms with Crippen LogP contribution in [0.3, 0.4) is 0 Å². The Morgan fingerprint density at radius 1 is 1.38 bits per heavy atom. The second kappa shape index (κ2) is 7.63. The van der Waals surface area contributed by atoms with Crippen LogP contribution >= 0.6 is 0 Å². The van der Waals surface area contributed by atoms with E-state index in [9.17, 15) is 15.0 Å². The molecular weight excluding hydrogens is 310 g/mol. The number of rotatable bonds is 5. The van der Waals surface area contributed by atoms with Crippen molar-refractivity contribution in [2.45, 2.75) is 51.9 Å². The minimum atomic E-state index is -1.01. The molecule has 0 radical (unpaired) electrons. The summed E-state index contributed by atoms with van der Waals surface area (Å²) in [6.45, 7) is 8.84. The van der Waals surface area contributed by atoms with Gasteiger partial charge in [0.15, 0.2) is 0 Å². The van der Waals surface area contributed by atoms with Crippen molar-refractivity contribution in [3.8, 4) is 0 Å². The highest BCUT2D eigenvalue weighted by Crippen LogP contribution is 2.21. The molecule has 0 saturated carbocycles. The Morgan fingerprint density at radius 3 is 2.58 bits per heavy atom. The summed E-state index contributed by atoms with van der Waals surface area (Å²) in [5.74, 6) is 0.243. The van der Waals surface area contributed by atoms with Crippen LogP contribution in [0.15, 0.2) is 6.07 Å². The van der Waals surface area contributed by atoms with Crippen molar-refractivity contribution in [3.05, 3.63) is 17.5 Å². The van der Waals surface area contributed by atoms with Gasteiger partial charge in [-0.05, 0) is 17.9 Å². The van der Waals surface area contributed by atoms with E-state index in [0.717, 1.165) is 5.69 Å². The van der Waals surface area contributed by atoms with Gasteiger partial charge in [0.25, 0.3) is 5.91 Å². The number of amides is 1. The number of hydrogen-bond acceptors (Lipinski definition) is 5. The monoisotopic (exact) mass is 339 g/mol. The fourth-order valence-electron chi connectivity index (χ4n) is 2.92. The van der Waals surface area contributed by atoms with Crippen molar-refractivity contribution in [1.29, 1.82) is 0 Å². The molecule has 1 saturated heterocycles. The predicted octanol–water partition coefficient (Wildman–Crippen LogP) is 0.762. The van der Waals surface area contributed by atoms with Gasteiger partial charge in [-0.1, -0.05) is 27.7 Å². The summed E-state index contributed by atoms with van der Waals surface area (Å²) in [7, 11) is 1.75. The van der Waals surface area contributed by atoms with E-state index in [1.54, 1.807) is 22.7 Å². The fourth-order valence-corrected chi connectivity index (χ4v) is 2.92. The second-order valence-electron chi connectivity index (χ2n) is 7.25. The Bertz CT molecular complexity index is 570. The zero-order valence-electron chi connectivity index (χ0n) is 15.1. The van der Waals surface area contributed by atoms with E-state index >= 15 is 0 Å². The number of ether oxygens (including phenoxy) is 1. The Balaban J connectivity index is 2.31.